The Morgan fingerprint density at radius 3 is 2.47 bits per heavy atom. The van der Waals surface area contributed by atoms with Gasteiger partial charge in [0.1, 0.15) is 12.1 Å². The van der Waals surface area contributed by atoms with Crippen LogP contribution >= 0.6 is 0 Å². The lowest BCUT2D eigenvalue weighted by atomic mass is 9.89. The number of carbonyl (C=O) groups is 4. The quantitative estimate of drug-likeness (QED) is 0.621. The number of rotatable bonds is 5. The highest BCUT2D eigenvalue weighted by atomic mass is 16.6. The van der Waals surface area contributed by atoms with Crippen molar-refractivity contribution in [3.8, 4) is 0 Å². The second kappa shape index (κ2) is 9.76. The third kappa shape index (κ3) is 4.72. The summed E-state index contributed by atoms with van der Waals surface area (Å²) in [6.45, 7) is 4.02. The zero-order chi connectivity index (χ0) is 25.4. The Morgan fingerprint density at radius 2 is 1.69 bits per heavy atom. The van der Waals surface area contributed by atoms with E-state index in [2.05, 4.69) is 28.8 Å². The first kappa shape index (κ1) is 24.0. The summed E-state index contributed by atoms with van der Waals surface area (Å²) in [6.07, 6.45) is 4.07. The highest BCUT2D eigenvalue weighted by molar-refractivity contribution is 6.05. The molecule has 5 rings (SSSR count). The van der Waals surface area contributed by atoms with E-state index in [-0.39, 0.29) is 24.3 Å². The molecule has 0 radical (unpaired) electrons. The first-order chi connectivity index (χ1) is 17.3. The van der Waals surface area contributed by atoms with Crippen LogP contribution in [0, 0.1) is 0 Å². The molecule has 1 aliphatic carbocycles. The first-order valence-corrected chi connectivity index (χ1v) is 12.7. The Morgan fingerprint density at radius 1 is 0.972 bits per heavy atom. The van der Waals surface area contributed by atoms with Gasteiger partial charge in [-0.05, 0) is 79.8 Å². The number of piperidine rings is 1. The largest absolute Gasteiger partial charge is 0.442 e. The Kier molecular flexibility index (Phi) is 6.51. The summed E-state index contributed by atoms with van der Waals surface area (Å²) >= 11 is 0. The van der Waals surface area contributed by atoms with Crippen molar-refractivity contribution in [3.63, 3.8) is 0 Å². The predicted octanol–water partition coefficient (Wildman–Crippen LogP) is 3.87. The number of benzene rings is 2. The highest BCUT2D eigenvalue weighted by Crippen LogP contribution is 2.31. The lowest BCUT2D eigenvalue weighted by Crippen LogP contribution is -2.52. The molecular weight excluding hydrogens is 458 g/mol. The van der Waals surface area contributed by atoms with Crippen LogP contribution in [0.25, 0.3) is 0 Å². The third-order valence-electron chi connectivity index (χ3n) is 7.51. The normalized spacial score (nSPS) is 20.8. The number of ether oxygens (including phenoxy) is 1. The highest BCUT2D eigenvalue weighted by Gasteiger charge is 2.39. The Hall–Kier alpha value is -3.68. The minimum Gasteiger partial charge on any atom is -0.442 e. The number of fused-ring (bicyclic) bond motifs is 2. The minimum atomic E-state index is -0.657. The molecule has 8 nitrogen and oxygen atoms in total. The van der Waals surface area contributed by atoms with Gasteiger partial charge >= 0.3 is 6.09 Å². The Balaban J connectivity index is 1.21. The molecule has 0 spiro atoms. The average molecular weight is 490 g/mol. The maximum atomic E-state index is 13.1. The molecule has 4 amide bonds. The van der Waals surface area contributed by atoms with Crippen molar-refractivity contribution in [2.45, 2.75) is 77.1 Å². The maximum absolute atomic E-state index is 13.1. The van der Waals surface area contributed by atoms with Gasteiger partial charge in [0.25, 0.3) is 5.91 Å². The number of hydrogen-bond donors (Lipinski definition) is 2. The van der Waals surface area contributed by atoms with Crippen molar-refractivity contribution in [2.24, 2.45) is 0 Å². The molecule has 2 aromatic carbocycles. The number of amides is 4. The van der Waals surface area contributed by atoms with E-state index in [0.717, 1.165) is 24.0 Å². The van der Waals surface area contributed by atoms with Crippen LogP contribution in [0.2, 0.25) is 0 Å². The van der Waals surface area contributed by atoms with Crippen LogP contribution in [-0.4, -0.2) is 34.8 Å². The van der Waals surface area contributed by atoms with E-state index < -0.39 is 24.1 Å². The number of nitrogens with one attached hydrogen (secondary N) is 2. The van der Waals surface area contributed by atoms with Gasteiger partial charge in [-0.1, -0.05) is 30.3 Å². The van der Waals surface area contributed by atoms with Gasteiger partial charge in [-0.25, -0.2) is 4.79 Å². The smallest absolute Gasteiger partial charge is 0.408 e. The SMILES string of the molecule is CC(NC(=O)OC(C)c1ccc2c(c1)C(=O)N(C1CCC(=O)NC1=O)C2)c1ccc2c(c1)CCCC2. The van der Waals surface area contributed by atoms with E-state index in [0.29, 0.717) is 24.1 Å². The molecule has 8 heteroatoms. The molecular formula is C28H31N3O5. The molecule has 3 aliphatic rings. The number of carbonyl (C=O) groups excluding carboxylic acids is 4. The summed E-state index contributed by atoms with van der Waals surface area (Å²) in [4.78, 5) is 50.9. The molecule has 0 aromatic heterocycles. The van der Waals surface area contributed by atoms with Crippen LogP contribution in [0.5, 0.6) is 0 Å². The van der Waals surface area contributed by atoms with Gasteiger partial charge in [0.05, 0.1) is 6.04 Å². The molecule has 3 atom stereocenters. The van der Waals surface area contributed by atoms with Crippen molar-refractivity contribution >= 4 is 23.8 Å². The van der Waals surface area contributed by atoms with E-state index in [9.17, 15) is 19.2 Å². The molecule has 2 aromatic rings. The van der Waals surface area contributed by atoms with Crippen LogP contribution < -0.4 is 10.6 Å². The molecule has 2 heterocycles. The molecule has 1 saturated heterocycles. The molecule has 2 aliphatic heterocycles. The van der Waals surface area contributed by atoms with Crippen LogP contribution in [0.4, 0.5) is 4.79 Å². The second-order valence-corrected chi connectivity index (χ2v) is 9.97. The van der Waals surface area contributed by atoms with E-state index in [1.807, 2.05) is 19.1 Å². The average Bonchev–Trinajstić information content (AvgIpc) is 3.19. The van der Waals surface area contributed by atoms with Crippen LogP contribution in [0.3, 0.4) is 0 Å². The van der Waals surface area contributed by atoms with Crippen molar-refractivity contribution in [1.82, 2.24) is 15.5 Å². The first-order valence-electron chi connectivity index (χ1n) is 12.7. The van der Waals surface area contributed by atoms with Gasteiger partial charge in [0.15, 0.2) is 0 Å². The summed E-state index contributed by atoms with van der Waals surface area (Å²) in [5.74, 6) is -0.999. The van der Waals surface area contributed by atoms with Gasteiger partial charge in [-0.2, -0.15) is 0 Å². The van der Waals surface area contributed by atoms with Gasteiger partial charge in [0.2, 0.25) is 11.8 Å². The van der Waals surface area contributed by atoms with Crippen LogP contribution in [0.15, 0.2) is 36.4 Å². The van der Waals surface area contributed by atoms with E-state index in [1.165, 1.54) is 28.9 Å². The molecule has 36 heavy (non-hydrogen) atoms. The van der Waals surface area contributed by atoms with Gasteiger partial charge in [0, 0.05) is 18.5 Å². The molecule has 0 bridgehead atoms. The number of imide groups is 1. The van der Waals surface area contributed by atoms with E-state index in [4.69, 9.17) is 4.74 Å². The third-order valence-corrected chi connectivity index (χ3v) is 7.51. The summed E-state index contributed by atoms with van der Waals surface area (Å²) in [6, 6.07) is 11.0. The van der Waals surface area contributed by atoms with E-state index >= 15 is 0 Å². The summed E-state index contributed by atoms with van der Waals surface area (Å²) in [7, 11) is 0. The fraction of sp³-hybridized carbons (Fsp3) is 0.429. The van der Waals surface area contributed by atoms with Gasteiger partial charge in [-0.3, -0.25) is 19.7 Å². The zero-order valence-corrected chi connectivity index (χ0v) is 20.6. The van der Waals surface area contributed by atoms with Crippen molar-refractivity contribution in [2.75, 3.05) is 0 Å². The number of alkyl carbamates (subject to hydrolysis) is 1. The van der Waals surface area contributed by atoms with Gasteiger partial charge < -0.3 is 15.0 Å². The molecule has 0 saturated carbocycles. The van der Waals surface area contributed by atoms with Crippen LogP contribution in [0.1, 0.15) is 89.9 Å². The standard InChI is InChI=1S/C28H31N3O5/c1-16(19-8-7-18-5-3-4-6-21(18)13-19)29-28(35)36-17(2)20-9-10-22-15-31(27(34)23(22)14-20)24-11-12-25(32)30-26(24)33/h7-10,13-14,16-17,24H,3-6,11-12,15H2,1-2H3,(H,29,35)(H,30,32,33). The number of hydrogen-bond acceptors (Lipinski definition) is 5. The molecule has 188 valence electrons. The monoisotopic (exact) mass is 489 g/mol. The maximum Gasteiger partial charge on any atom is 0.408 e. The summed E-state index contributed by atoms with van der Waals surface area (Å²) in [5.41, 5.74) is 5.82. The van der Waals surface area contributed by atoms with Crippen molar-refractivity contribution in [3.05, 3.63) is 69.8 Å². The Labute approximate surface area is 210 Å². The predicted molar refractivity (Wildman–Crippen MR) is 132 cm³/mol. The zero-order valence-electron chi connectivity index (χ0n) is 20.6. The van der Waals surface area contributed by atoms with Crippen molar-refractivity contribution in [1.29, 1.82) is 0 Å². The topological polar surface area (TPSA) is 105 Å². The number of aryl methyl sites for hydroxylation is 2. The Bertz CT molecular complexity index is 1240. The molecule has 1 fully saturated rings. The fourth-order valence-electron chi connectivity index (χ4n) is 5.37. The van der Waals surface area contributed by atoms with Crippen molar-refractivity contribution < 1.29 is 23.9 Å². The summed E-state index contributed by atoms with van der Waals surface area (Å²) < 4.78 is 5.63. The summed E-state index contributed by atoms with van der Waals surface area (Å²) in [5, 5.41) is 5.23. The van der Waals surface area contributed by atoms with E-state index in [1.54, 1.807) is 13.0 Å². The molecule has 2 N–H and O–H groups in total. The minimum absolute atomic E-state index is 0.194. The van der Waals surface area contributed by atoms with Gasteiger partial charge in [-0.15, -0.1) is 0 Å². The fourth-order valence-corrected chi connectivity index (χ4v) is 5.37. The lowest BCUT2D eigenvalue weighted by molar-refractivity contribution is -0.136. The second-order valence-electron chi connectivity index (χ2n) is 9.97. The van der Waals surface area contributed by atoms with Crippen LogP contribution in [-0.2, 0) is 33.7 Å². The number of nitrogens with zero attached hydrogens (tertiary/aromatic N) is 1. The molecule has 3 unspecified atom stereocenters. The lowest BCUT2D eigenvalue weighted by Gasteiger charge is -2.29.